The van der Waals surface area contributed by atoms with Crippen molar-refractivity contribution in [2.75, 3.05) is 5.75 Å². The zero-order valence-electron chi connectivity index (χ0n) is 16.0. The van der Waals surface area contributed by atoms with E-state index in [-0.39, 0.29) is 23.5 Å². The van der Waals surface area contributed by atoms with Gasteiger partial charge in [0.2, 0.25) is 5.16 Å². The molecule has 0 saturated carbocycles. The van der Waals surface area contributed by atoms with Crippen molar-refractivity contribution in [1.82, 2.24) is 25.2 Å². The highest BCUT2D eigenvalue weighted by atomic mass is 32.2. The van der Waals surface area contributed by atoms with E-state index in [1.807, 2.05) is 35.0 Å². The standard InChI is InChI=1S/C20H15FN6OS3/c21-13-4-1-5-14(10-13)26-20(22-24-25-26)31-12-19(28)27-16(18-7-3-9-30-18)11-15(23-27)17-6-2-8-29-17/h1-10,16H,11-12H2/t16-/m1/s1. The number of tetrazole rings is 1. The molecule has 0 saturated heterocycles. The van der Waals surface area contributed by atoms with Crippen LogP contribution >= 0.6 is 34.4 Å². The van der Waals surface area contributed by atoms with E-state index < -0.39 is 0 Å². The summed E-state index contributed by atoms with van der Waals surface area (Å²) in [5.74, 6) is -0.409. The molecule has 0 bridgehead atoms. The molecule has 156 valence electrons. The largest absolute Gasteiger partial charge is 0.272 e. The SMILES string of the molecule is O=C(CSc1nnnn1-c1cccc(F)c1)N1N=C(c2cccs2)C[C@@H]1c1cccs1. The van der Waals surface area contributed by atoms with Crippen molar-refractivity contribution >= 4 is 46.1 Å². The number of thiophene rings is 2. The van der Waals surface area contributed by atoms with Gasteiger partial charge in [0.1, 0.15) is 5.82 Å². The van der Waals surface area contributed by atoms with Gasteiger partial charge < -0.3 is 0 Å². The molecule has 0 radical (unpaired) electrons. The molecular weight excluding hydrogens is 455 g/mol. The molecule has 3 aromatic heterocycles. The summed E-state index contributed by atoms with van der Waals surface area (Å²) in [5.41, 5.74) is 1.41. The van der Waals surface area contributed by atoms with Crippen LogP contribution in [0.4, 0.5) is 4.39 Å². The molecule has 0 spiro atoms. The van der Waals surface area contributed by atoms with E-state index in [0.717, 1.165) is 15.5 Å². The Labute approximate surface area is 189 Å². The van der Waals surface area contributed by atoms with E-state index in [0.29, 0.717) is 17.3 Å². The number of benzene rings is 1. The fraction of sp³-hybridized carbons (Fsp3) is 0.150. The number of hydrazone groups is 1. The highest BCUT2D eigenvalue weighted by molar-refractivity contribution is 7.99. The molecule has 0 N–H and O–H groups in total. The van der Waals surface area contributed by atoms with Gasteiger partial charge in [-0.05, 0) is 51.5 Å². The molecule has 0 fully saturated rings. The van der Waals surface area contributed by atoms with Gasteiger partial charge in [-0.3, -0.25) is 4.79 Å². The molecule has 11 heteroatoms. The van der Waals surface area contributed by atoms with Crippen LogP contribution in [0, 0.1) is 5.82 Å². The summed E-state index contributed by atoms with van der Waals surface area (Å²) >= 11 is 4.43. The van der Waals surface area contributed by atoms with Crippen molar-refractivity contribution in [3.63, 3.8) is 0 Å². The van der Waals surface area contributed by atoms with Crippen LogP contribution in [0.25, 0.3) is 5.69 Å². The minimum absolute atomic E-state index is 0.110. The Kier molecular flexibility index (Phi) is 5.62. The quantitative estimate of drug-likeness (QED) is 0.391. The fourth-order valence-corrected chi connectivity index (χ4v) is 5.54. The van der Waals surface area contributed by atoms with Crippen molar-refractivity contribution < 1.29 is 9.18 Å². The van der Waals surface area contributed by atoms with Crippen molar-refractivity contribution in [3.8, 4) is 5.69 Å². The molecule has 5 rings (SSSR count). The fourth-order valence-electron chi connectivity index (χ4n) is 3.27. The van der Waals surface area contributed by atoms with Crippen LogP contribution in [-0.4, -0.2) is 42.6 Å². The Morgan fingerprint density at radius 2 is 2.03 bits per heavy atom. The van der Waals surface area contributed by atoms with E-state index in [1.54, 1.807) is 39.8 Å². The molecule has 4 aromatic rings. The van der Waals surface area contributed by atoms with Crippen LogP contribution in [0.15, 0.2) is 69.5 Å². The summed E-state index contributed by atoms with van der Waals surface area (Å²) in [4.78, 5) is 15.3. The number of aromatic nitrogens is 4. The lowest BCUT2D eigenvalue weighted by molar-refractivity contribution is -0.130. The summed E-state index contributed by atoms with van der Waals surface area (Å²) in [6, 6.07) is 13.9. The lowest BCUT2D eigenvalue weighted by atomic mass is 10.1. The number of rotatable bonds is 6. The van der Waals surface area contributed by atoms with Gasteiger partial charge >= 0.3 is 0 Å². The zero-order chi connectivity index (χ0) is 21.2. The second kappa shape index (κ2) is 8.69. The maximum atomic E-state index is 13.6. The molecule has 1 aromatic carbocycles. The summed E-state index contributed by atoms with van der Waals surface area (Å²) in [7, 11) is 0. The van der Waals surface area contributed by atoms with Gasteiger partial charge in [-0.25, -0.2) is 9.40 Å². The molecule has 1 aliphatic rings. The van der Waals surface area contributed by atoms with Gasteiger partial charge in [-0.1, -0.05) is 30.0 Å². The average molecular weight is 471 g/mol. The molecule has 0 unspecified atom stereocenters. The van der Waals surface area contributed by atoms with Gasteiger partial charge in [0, 0.05) is 11.3 Å². The Morgan fingerprint density at radius 1 is 1.16 bits per heavy atom. The first-order valence-corrected chi connectivity index (χ1v) is 12.1. The first-order valence-electron chi connectivity index (χ1n) is 9.33. The van der Waals surface area contributed by atoms with Crippen LogP contribution in [0.3, 0.4) is 0 Å². The third kappa shape index (κ3) is 4.16. The Morgan fingerprint density at radius 3 is 2.81 bits per heavy atom. The average Bonchev–Trinajstić information content (AvgIpc) is 3.56. The number of carbonyl (C=O) groups is 1. The third-order valence-corrected chi connectivity index (χ3v) is 7.46. The van der Waals surface area contributed by atoms with Crippen molar-refractivity contribution in [3.05, 3.63) is 74.9 Å². The lowest BCUT2D eigenvalue weighted by Gasteiger charge is -2.20. The van der Waals surface area contributed by atoms with E-state index in [4.69, 9.17) is 0 Å². The van der Waals surface area contributed by atoms with Crippen LogP contribution in [0.2, 0.25) is 0 Å². The number of thioether (sulfide) groups is 1. The monoisotopic (exact) mass is 470 g/mol. The van der Waals surface area contributed by atoms with E-state index >= 15 is 0 Å². The summed E-state index contributed by atoms with van der Waals surface area (Å²) in [5, 5.41) is 22.2. The molecule has 0 aliphatic carbocycles. The second-order valence-electron chi connectivity index (χ2n) is 6.64. The number of amides is 1. The van der Waals surface area contributed by atoms with E-state index in [1.165, 1.54) is 28.6 Å². The Hall–Kier alpha value is -2.89. The number of hydrogen-bond donors (Lipinski definition) is 0. The third-order valence-electron chi connectivity index (χ3n) is 4.66. The van der Waals surface area contributed by atoms with Gasteiger partial charge in [0.25, 0.3) is 5.91 Å². The maximum absolute atomic E-state index is 13.6. The van der Waals surface area contributed by atoms with Crippen molar-refractivity contribution in [2.24, 2.45) is 5.10 Å². The van der Waals surface area contributed by atoms with Crippen LogP contribution in [0.5, 0.6) is 0 Å². The van der Waals surface area contributed by atoms with Crippen LogP contribution in [-0.2, 0) is 4.79 Å². The summed E-state index contributed by atoms with van der Waals surface area (Å²) in [6.45, 7) is 0. The predicted octanol–water partition coefficient (Wildman–Crippen LogP) is 4.39. The molecule has 1 atom stereocenters. The van der Waals surface area contributed by atoms with E-state index in [9.17, 15) is 9.18 Å². The molecule has 31 heavy (non-hydrogen) atoms. The Bertz CT molecular complexity index is 1220. The predicted molar refractivity (Wildman–Crippen MR) is 119 cm³/mol. The van der Waals surface area contributed by atoms with Crippen LogP contribution in [0.1, 0.15) is 22.2 Å². The van der Waals surface area contributed by atoms with Gasteiger partial charge in [-0.15, -0.1) is 27.8 Å². The topological polar surface area (TPSA) is 76.3 Å². The van der Waals surface area contributed by atoms with Crippen LogP contribution < -0.4 is 0 Å². The molecule has 1 aliphatic heterocycles. The highest BCUT2D eigenvalue weighted by Gasteiger charge is 2.34. The first-order chi connectivity index (χ1) is 15.2. The highest BCUT2D eigenvalue weighted by Crippen LogP contribution is 2.36. The van der Waals surface area contributed by atoms with Crippen molar-refractivity contribution in [2.45, 2.75) is 17.6 Å². The molecule has 7 nitrogen and oxygen atoms in total. The summed E-state index contributed by atoms with van der Waals surface area (Å²) in [6.07, 6.45) is 0.679. The van der Waals surface area contributed by atoms with Crippen molar-refractivity contribution in [1.29, 1.82) is 0 Å². The second-order valence-corrected chi connectivity index (χ2v) is 9.51. The number of carbonyl (C=O) groups excluding carboxylic acids is 1. The van der Waals surface area contributed by atoms with Gasteiger partial charge in [0.15, 0.2) is 0 Å². The minimum Gasteiger partial charge on any atom is -0.272 e. The number of halogens is 1. The molecular formula is C20H15FN6OS3. The minimum atomic E-state index is -0.383. The molecule has 4 heterocycles. The van der Waals surface area contributed by atoms with Gasteiger partial charge in [0.05, 0.1) is 28.1 Å². The lowest BCUT2D eigenvalue weighted by Crippen LogP contribution is -2.28. The van der Waals surface area contributed by atoms with E-state index in [2.05, 4.69) is 20.6 Å². The molecule has 1 amide bonds. The maximum Gasteiger partial charge on any atom is 0.253 e. The smallest absolute Gasteiger partial charge is 0.253 e. The Balaban J connectivity index is 1.35. The summed E-state index contributed by atoms with van der Waals surface area (Å²) < 4.78 is 15.0. The van der Waals surface area contributed by atoms with Gasteiger partial charge in [-0.2, -0.15) is 9.78 Å². The normalized spacial score (nSPS) is 16.0. The number of nitrogens with zero attached hydrogens (tertiary/aromatic N) is 6. The first kappa shape index (κ1) is 20.0. The number of hydrogen-bond acceptors (Lipinski definition) is 8. The zero-order valence-corrected chi connectivity index (χ0v) is 18.4.